The zero-order valence-electron chi connectivity index (χ0n) is 25.5. The standard InChI is InChI=1S/C33H36N4O6S/c1-6-8-9-10-18-43-23-15-13-22(14-16-23)26-24(27(38)25-21(5)36-17-11-12-19(3)30(36)35-25)28(39)31(40)37(26)33-34-20(4)29(44-33)32(41)42-7-2/h11-17,26,38H,6-10,18H2,1-5H3/b27-24+. The maximum Gasteiger partial charge on any atom is 0.350 e. The summed E-state index contributed by atoms with van der Waals surface area (Å²) in [6, 6.07) is 9.86. The Labute approximate surface area is 260 Å². The summed E-state index contributed by atoms with van der Waals surface area (Å²) < 4.78 is 12.9. The van der Waals surface area contributed by atoms with Crippen LogP contribution in [-0.2, 0) is 14.3 Å². The Kier molecular flexibility index (Phi) is 9.14. The van der Waals surface area contributed by atoms with Crippen LogP contribution < -0.4 is 9.64 Å². The van der Waals surface area contributed by atoms with Crippen molar-refractivity contribution < 1.29 is 29.0 Å². The number of amides is 1. The topological polar surface area (TPSA) is 123 Å². The molecule has 10 nitrogen and oxygen atoms in total. The summed E-state index contributed by atoms with van der Waals surface area (Å²) in [5, 5.41) is 11.9. The smallest absolute Gasteiger partial charge is 0.350 e. The number of fused-ring (bicyclic) bond motifs is 1. The van der Waals surface area contributed by atoms with Crippen molar-refractivity contribution in [1.29, 1.82) is 0 Å². The summed E-state index contributed by atoms with van der Waals surface area (Å²) >= 11 is 0.967. The quantitative estimate of drug-likeness (QED) is 0.0668. The third kappa shape index (κ3) is 5.71. The maximum atomic E-state index is 13.7. The molecule has 1 atom stereocenters. The minimum Gasteiger partial charge on any atom is -0.505 e. The fraction of sp³-hybridized carbons (Fsp3) is 0.364. The molecule has 1 N–H and O–H groups in total. The molecule has 4 heterocycles. The number of carbonyl (C=O) groups excluding carboxylic acids is 3. The Bertz CT molecular complexity index is 1750. The highest BCUT2D eigenvalue weighted by molar-refractivity contribution is 7.17. The number of unbranched alkanes of at least 4 members (excludes halogenated alkanes) is 3. The van der Waals surface area contributed by atoms with E-state index in [0.29, 0.717) is 35.0 Å². The first-order valence-electron chi connectivity index (χ1n) is 14.8. The largest absolute Gasteiger partial charge is 0.505 e. The van der Waals surface area contributed by atoms with E-state index in [0.717, 1.165) is 42.6 Å². The van der Waals surface area contributed by atoms with E-state index < -0.39 is 23.7 Å². The zero-order chi connectivity index (χ0) is 31.5. The number of aryl methyl sites for hydroxylation is 3. The number of esters is 1. The lowest BCUT2D eigenvalue weighted by Gasteiger charge is -2.23. The molecule has 1 aliphatic rings. The number of hydrogen-bond donors (Lipinski definition) is 1. The van der Waals surface area contributed by atoms with E-state index in [2.05, 4.69) is 16.9 Å². The first-order chi connectivity index (χ1) is 21.2. The van der Waals surface area contributed by atoms with Crippen molar-refractivity contribution in [2.45, 2.75) is 66.3 Å². The van der Waals surface area contributed by atoms with E-state index in [1.54, 1.807) is 45.0 Å². The molecule has 0 aliphatic carbocycles. The molecule has 0 radical (unpaired) electrons. The van der Waals surface area contributed by atoms with Crippen molar-refractivity contribution in [3.8, 4) is 5.75 Å². The van der Waals surface area contributed by atoms with Gasteiger partial charge in [-0.2, -0.15) is 0 Å². The number of rotatable bonds is 11. The molecule has 0 spiro atoms. The molecule has 44 heavy (non-hydrogen) atoms. The first kappa shape index (κ1) is 30.9. The Balaban J connectivity index is 1.61. The van der Waals surface area contributed by atoms with E-state index in [1.807, 2.05) is 29.7 Å². The fourth-order valence-electron chi connectivity index (χ4n) is 5.36. The fourth-order valence-corrected chi connectivity index (χ4v) is 6.34. The third-order valence-electron chi connectivity index (χ3n) is 7.67. The molecule has 3 aromatic heterocycles. The Morgan fingerprint density at radius 2 is 1.77 bits per heavy atom. The van der Waals surface area contributed by atoms with Crippen LogP contribution in [0.3, 0.4) is 0 Å². The number of ketones is 1. The van der Waals surface area contributed by atoms with Crippen LogP contribution >= 0.6 is 11.3 Å². The van der Waals surface area contributed by atoms with Crippen molar-refractivity contribution >= 4 is 45.5 Å². The van der Waals surface area contributed by atoms with E-state index in [-0.39, 0.29) is 33.6 Å². The number of imidazole rings is 1. The van der Waals surface area contributed by atoms with Crippen LogP contribution in [-0.4, -0.2) is 50.3 Å². The molecular formula is C33H36N4O6S. The second-order valence-electron chi connectivity index (χ2n) is 10.7. The van der Waals surface area contributed by atoms with Crippen LogP contribution in [0.25, 0.3) is 11.4 Å². The molecule has 11 heteroatoms. The van der Waals surface area contributed by atoms with Crippen LogP contribution in [0.4, 0.5) is 5.13 Å². The number of aliphatic hydroxyl groups excluding tert-OH is 1. The van der Waals surface area contributed by atoms with Crippen molar-refractivity contribution in [3.05, 3.63) is 81.3 Å². The average molecular weight is 617 g/mol. The Morgan fingerprint density at radius 1 is 1.02 bits per heavy atom. The lowest BCUT2D eigenvalue weighted by Crippen LogP contribution is -2.29. The van der Waals surface area contributed by atoms with Gasteiger partial charge in [0.05, 0.1) is 36.2 Å². The number of benzene rings is 1. The maximum absolute atomic E-state index is 13.7. The van der Waals surface area contributed by atoms with Gasteiger partial charge in [0.25, 0.3) is 5.78 Å². The SMILES string of the molecule is CCCCCCOc1ccc(C2/C(=C(\O)c3nc4c(C)cccn4c3C)C(=O)C(=O)N2c2nc(C)c(C(=O)OCC)s2)cc1. The number of Topliss-reactive ketones (excluding diaryl/α,β-unsaturated/α-hetero) is 1. The van der Waals surface area contributed by atoms with Gasteiger partial charge in [0, 0.05) is 6.20 Å². The van der Waals surface area contributed by atoms with Gasteiger partial charge in [-0.05, 0) is 63.4 Å². The van der Waals surface area contributed by atoms with Crippen LogP contribution in [0.1, 0.15) is 83.5 Å². The van der Waals surface area contributed by atoms with Crippen LogP contribution in [0.2, 0.25) is 0 Å². The van der Waals surface area contributed by atoms with Crippen molar-refractivity contribution in [2.75, 3.05) is 18.1 Å². The van der Waals surface area contributed by atoms with Crippen LogP contribution in [0, 0.1) is 20.8 Å². The van der Waals surface area contributed by atoms with E-state index in [9.17, 15) is 19.5 Å². The number of nitrogens with zero attached hydrogens (tertiary/aromatic N) is 4. The number of pyridine rings is 1. The predicted octanol–water partition coefficient (Wildman–Crippen LogP) is 6.48. The first-order valence-corrected chi connectivity index (χ1v) is 15.6. The number of ether oxygens (including phenoxy) is 2. The molecule has 1 unspecified atom stereocenters. The number of carbonyl (C=O) groups is 3. The summed E-state index contributed by atoms with van der Waals surface area (Å²) in [5.74, 6) is -2.02. The molecule has 1 fully saturated rings. The predicted molar refractivity (Wildman–Crippen MR) is 168 cm³/mol. The third-order valence-corrected chi connectivity index (χ3v) is 8.80. The molecule has 1 aromatic carbocycles. The second kappa shape index (κ2) is 13.0. The van der Waals surface area contributed by atoms with Crippen molar-refractivity contribution in [2.24, 2.45) is 0 Å². The minimum atomic E-state index is -1.03. The van der Waals surface area contributed by atoms with Crippen LogP contribution in [0.5, 0.6) is 5.75 Å². The molecule has 1 aliphatic heterocycles. The number of thiazole rings is 1. The number of anilines is 1. The van der Waals surface area contributed by atoms with Gasteiger partial charge in [-0.15, -0.1) is 0 Å². The molecule has 1 amide bonds. The van der Waals surface area contributed by atoms with Crippen LogP contribution in [0.15, 0.2) is 48.2 Å². The van der Waals surface area contributed by atoms with Gasteiger partial charge in [-0.3, -0.25) is 14.5 Å². The molecule has 4 aromatic rings. The molecule has 1 saturated heterocycles. The second-order valence-corrected chi connectivity index (χ2v) is 11.7. The highest BCUT2D eigenvalue weighted by Gasteiger charge is 2.49. The van der Waals surface area contributed by atoms with Gasteiger partial charge >= 0.3 is 11.9 Å². The van der Waals surface area contributed by atoms with E-state index >= 15 is 0 Å². The number of aliphatic hydroxyl groups is 1. The summed E-state index contributed by atoms with van der Waals surface area (Å²) in [4.78, 5) is 50.6. The van der Waals surface area contributed by atoms with Crippen molar-refractivity contribution in [1.82, 2.24) is 14.4 Å². The molecule has 0 saturated carbocycles. The number of hydrogen-bond acceptors (Lipinski definition) is 9. The van der Waals surface area contributed by atoms with Gasteiger partial charge in [0.15, 0.2) is 10.9 Å². The highest BCUT2D eigenvalue weighted by atomic mass is 32.1. The Hall–Kier alpha value is -4.51. The zero-order valence-corrected chi connectivity index (χ0v) is 26.4. The lowest BCUT2D eigenvalue weighted by atomic mass is 9.96. The van der Waals surface area contributed by atoms with Gasteiger partial charge in [0.2, 0.25) is 0 Å². The van der Waals surface area contributed by atoms with E-state index in [4.69, 9.17) is 9.47 Å². The summed E-state index contributed by atoms with van der Waals surface area (Å²) in [6.45, 7) is 9.97. The summed E-state index contributed by atoms with van der Waals surface area (Å²) in [5.41, 5.74) is 3.17. The van der Waals surface area contributed by atoms with Crippen molar-refractivity contribution in [3.63, 3.8) is 0 Å². The number of aromatic nitrogens is 3. The molecule has 5 rings (SSSR count). The average Bonchev–Trinajstić information content (AvgIpc) is 3.65. The van der Waals surface area contributed by atoms with Gasteiger partial charge in [0.1, 0.15) is 22.0 Å². The van der Waals surface area contributed by atoms with Gasteiger partial charge in [-0.25, -0.2) is 14.8 Å². The highest BCUT2D eigenvalue weighted by Crippen LogP contribution is 2.44. The summed E-state index contributed by atoms with van der Waals surface area (Å²) in [7, 11) is 0. The lowest BCUT2D eigenvalue weighted by molar-refractivity contribution is -0.132. The summed E-state index contributed by atoms with van der Waals surface area (Å²) in [6.07, 6.45) is 6.15. The van der Waals surface area contributed by atoms with Gasteiger partial charge in [-0.1, -0.05) is 55.7 Å². The molecule has 0 bridgehead atoms. The normalized spacial score (nSPS) is 16.2. The Morgan fingerprint density at radius 3 is 2.45 bits per heavy atom. The monoisotopic (exact) mass is 616 g/mol. The minimum absolute atomic E-state index is 0.113. The van der Waals surface area contributed by atoms with E-state index in [1.165, 1.54) is 4.90 Å². The molecule has 230 valence electrons. The molecular weight excluding hydrogens is 580 g/mol. The van der Waals surface area contributed by atoms with Gasteiger partial charge < -0.3 is 19.0 Å².